The Morgan fingerprint density at radius 3 is 2.45 bits per heavy atom. The lowest BCUT2D eigenvalue weighted by molar-refractivity contribution is -0.158. The van der Waals surface area contributed by atoms with Gasteiger partial charge in [0.2, 0.25) is 0 Å². The lowest BCUT2D eigenvalue weighted by Gasteiger charge is -2.30. The summed E-state index contributed by atoms with van der Waals surface area (Å²) in [5.41, 5.74) is 1.05. The maximum absolute atomic E-state index is 10.0. The lowest BCUT2D eigenvalue weighted by atomic mass is 9.96. The summed E-state index contributed by atoms with van der Waals surface area (Å²) in [6.45, 7) is 4.15. The summed E-state index contributed by atoms with van der Waals surface area (Å²) < 4.78 is 22.7. The monoisotopic (exact) mass is 306 g/mol. The van der Waals surface area contributed by atoms with Crippen LogP contribution in [0.5, 0.6) is 5.75 Å². The number of aliphatic hydroxyl groups is 1. The predicted molar refractivity (Wildman–Crippen MR) is 80.5 cm³/mol. The molecule has 3 rings (SSSR count). The highest BCUT2D eigenvalue weighted by Gasteiger charge is 2.49. The van der Waals surface area contributed by atoms with Gasteiger partial charge in [-0.1, -0.05) is 24.3 Å². The van der Waals surface area contributed by atoms with E-state index in [1.807, 2.05) is 44.2 Å². The van der Waals surface area contributed by atoms with Crippen molar-refractivity contribution in [3.05, 3.63) is 42.0 Å². The molecular weight excluding hydrogens is 284 g/mol. The van der Waals surface area contributed by atoms with Crippen molar-refractivity contribution in [2.75, 3.05) is 7.11 Å². The summed E-state index contributed by atoms with van der Waals surface area (Å²) in [6, 6.07) is 7.74. The summed E-state index contributed by atoms with van der Waals surface area (Å²) in [7, 11) is 1.64. The number of benzene rings is 1. The van der Waals surface area contributed by atoms with E-state index in [9.17, 15) is 5.11 Å². The second-order valence-electron chi connectivity index (χ2n) is 6.06. The second-order valence-corrected chi connectivity index (χ2v) is 6.06. The molecule has 0 radical (unpaired) electrons. The molecule has 0 amide bonds. The Labute approximate surface area is 130 Å². The van der Waals surface area contributed by atoms with E-state index in [4.69, 9.17) is 18.9 Å². The number of methoxy groups -OCH3 is 1. The summed E-state index contributed by atoms with van der Waals surface area (Å²) in [6.07, 6.45) is 1.98. The van der Waals surface area contributed by atoms with Gasteiger partial charge in [-0.25, -0.2) is 0 Å². The molecule has 0 saturated carbocycles. The van der Waals surface area contributed by atoms with Gasteiger partial charge in [0, 0.05) is 0 Å². The molecule has 22 heavy (non-hydrogen) atoms. The van der Waals surface area contributed by atoms with Crippen molar-refractivity contribution in [1.29, 1.82) is 0 Å². The first-order valence-corrected chi connectivity index (χ1v) is 7.45. The van der Waals surface area contributed by atoms with Gasteiger partial charge in [-0.3, -0.25) is 0 Å². The van der Waals surface area contributed by atoms with Crippen LogP contribution in [0.25, 0.3) is 0 Å². The van der Waals surface area contributed by atoms with Crippen molar-refractivity contribution in [1.82, 2.24) is 0 Å². The molecule has 0 aromatic heterocycles. The van der Waals surface area contributed by atoms with E-state index >= 15 is 0 Å². The zero-order chi connectivity index (χ0) is 15.7. The average molecular weight is 306 g/mol. The molecule has 5 heteroatoms. The van der Waals surface area contributed by atoms with Crippen LogP contribution in [0.1, 0.15) is 19.4 Å². The van der Waals surface area contributed by atoms with E-state index in [1.165, 1.54) is 0 Å². The number of rotatable bonds is 4. The first-order valence-electron chi connectivity index (χ1n) is 7.45. The van der Waals surface area contributed by atoms with Crippen molar-refractivity contribution >= 4 is 0 Å². The lowest BCUT2D eigenvalue weighted by Crippen LogP contribution is -2.45. The van der Waals surface area contributed by atoms with Crippen LogP contribution in [0.2, 0.25) is 0 Å². The largest absolute Gasteiger partial charge is 0.497 e. The highest BCUT2D eigenvalue weighted by atomic mass is 16.8. The smallest absolute Gasteiger partial charge is 0.164 e. The van der Waals surface area contributed by atoms with Crippen LogP contribution in [-0.4, -0.2) is 42.4 Å². The fourth-order valence-electron chi connectivity index (χ4n) is 2.84. The van der Waals surface area contributed by atoms with Crippen LogP contribution in [0.3, 0.4) is 0 Å². The molecule has 1 saturated heterocycles. The van der Waals surface area contributed by atoms with Gasteiger partial charge in [-0.15, -0.1) is 0 Å². The Bertz CT molecular complexity index is 536. The van der Waals surface area contributed by atoms with Gasteiger partial charge in [-0.05, 0) is 31.5 Å². The number of ether oxygens (including phenoxy) is 4. The number of aliphatic hydroxyl groups excluding tert-OH is 1. The van der Waals surface area contributed by atoms with Gasteiger partial charge >= 0.3 is 0 Å². The minimum absolute atomic E-state index is 0.239. The molecule has 1 heterocycles. The van der Waals surface area contributed by atoms with E-state index < -0.39 is 11.9 Å². The van der Waals surface area contributed by atoms with Crippen molar-refractivity contribution in [2.24, 2.45) is 0 Å². The molecule has 1 N–H and O–H groups in total. The second kappa shape index (κ2) is 6.01. The quantitative estimate of drug-likeness (QED) is 0.863. The molecule has 1 aliphatic carbocycles. The third-order valence-corrected chi connectivity index (χ3v) is 3.92. The van der Waals surface area contributed by atoms with Gasteiger partial charge in [0.1, 0.15) is 30.2 Å². The molecule has 1 fully saturated rings. The van der Waals surface area contributed by atoms with Crippen molar-refractivity contribution in [3.8, 4) is 5.75 Å². The molecule has 4 atom stereocenters. The Hall–Kier alpha value is -1.40. The summed E-state index contributed by atoms with van der Waals surface area (Å²) in [5.74, 6) is 0.114. The molecule has 0 bridgehead atoms. The minimum Gasteiger partial charge on any atom is -0.497 e. The highest BCUT2D eigenvalue weighted by molar-refractivity contribution is 5.26. The van der Waals surface area contributed by atoms with Crippen molar-refractivity contribution in [2.45, 2.75) is 50.7 Å². The van der Waals surface area contributed by atoms with Crippen LogP contribution >= 0.6 is 0 Å². The van der Waals surface area contributed by atoms with Crippen LogP contribution in [0.4, 0.5) is 0 Å². The van der Waals surface area contributed by atoms with Crippen LogP contribution in [0, 0.1) is 0 Å². The standard InChI is InChI=1S/C17H22O5/c1-17(2)21-15-13(18)8-9-14(16(15)22-17)20-10-11-4-6-12(19-3)7-5-11/h4-9,13-16,18H,10H2,1-3H3/t13-,14+,15+,16-/m0/s1. The molecule has 1 aliphatic heterocycles. The zero-order valence-corrected chi connectivity index (χ0v) is 13.1. The predicted octanol–water partition coefficient (Wildman–Crippen LogP) is 2.03. The summed E-state index contributed by atoms with van der Waals surface area (Å²) >= 11 is 0. The van der Waals surface area contributed by atoms with Crippen LogP contribution < -0.4 is 4.74 Å². The maximum Gasteiger partial charge on any atom is 0.164 e. The van der Waals surface area contributed by atoms with Crippen LogP contribution in [0.15, 0.2) is 36.4 Å². The van der Waals surface area contributed by atoms with Gasteiger partial charge in [0.15, 0.2) is 5.79 Å². The van der Waals surface area contributed by atoms with Crippen molar-refractivity contribution in [3.63, 3.8) is 0 Å². The van der Waals surface area contributed by atoms with E-state index in [2.05, 4.69) is 0 Å². The van der Waals surface area contributed by atoms with E-state index in [0.29, 0.717) is 6.61 Å². The first-order chi connectivity index (χ1) is 10.5. The third-order valence-electron chi connectivity index (χ3n) is 3.92. The Balaban J connectivity index is 1.65. The Morgan fingerprint density at radius 1 is 1.09 bits per heavy atom. The number of hydrogen-bond acceptors (Lipinski definition) is 5. The molecule has 1 aromatic rings. The van der Waals surface area contributed by atoms with E-state index in [0.717, 1.165) is 11.3 Å². The summed E-state index contributed by atoms with van der Waals surface area (Å²) in [4.78, 5) is 0. The molecule has 120 valence electrons. The molecule has 5 nitrogen and oxygen atoms in total. The Morgan fingerprint density at radius 2 is 1.77 bits per heavy atom. The molecule has 2 aliphatic rings. The molecule has 0 spiro atoms. The van der Waals surface area contributed by atoms with Gasteiger partial charge in [0.25, 0.3) is 0 Å². The average Bonchev–Trinajstić information content (AvgIpc) is 2.83. The van der Waals surface area contributed by atoms with E-state index in [-0.39, 0.29) is 18.3 Å². The topological polar surface area (TPSA) is 57.2 Å². The minimum atomic E-state index is -0.704. The number of hydrogen-bond donors (Lipinski definition) is 1. The zero-order valence-electron chi connectivity index (χ0n) is 13.1. The summed E-state index contributed by atoms with van der Waals surface area (Å²) in [5, 5.41) is 10.0. The van der Waals surface area contributed by atoms with E-state index in [1.54, 1.807) is 13.2 Å². The number of fused-ring (bicyclic) bond motifs is 1. The molecule has 1 aromatic carbocycles. The van der Waals surface area contributed by atoms with Gasteiger partial charge in [-0.2, -0.15) is 0 Å². The van der Waals surface area contributed by atoms with Crippen LogP contribution in [-0.2, 0) is 20.8 Å². The Kier molecular flexibility index (Phi) is 4.23. The van der Waals surface area contributed by atoms with Crippen molar-refractivity contribution < 1.29 is 24.1 Å². The fraction of sp³-hybridized carbons (Fsp3) is 0.529. The van der Waals surface area contributed by atoms with Gasteiger partial charge in [0.05, 0.1) is 13.7 Å². The molecular formula is C17H22O5. The maximum atomic E-state index is 10.0. The van der Waals surface area contributed by atoms with Gasteiger partial charge < -0.3 is 24.1 Å². The SMILES string of the molecule is COc1ccc(CO[C@@H]2C=C[C@H](O)[C@H]3OC(C)(C)O[C@H]32)cc1. The normalized spacial score (nSPS) is 32.7. The fourth-order valence-corrected chi connectivity index (χ4v) is 2.84. The first kappa shape index (κ1) is 15.5. The molecule has 0 unspecified atom stereocenters. The third kappa shape index (κ3) is 3.17. The highest BCUT2D eigenvalue weighted by Crippen LogP contribution is 2.35.